The van der Waals surface area contributed by atoms with Crippen LogP contribution in [0.2, 0.25) is 0 Å². The Hall–Kier alpha value is -2.00. The summed E-state index contributed by atoms with van der Waals surface area (Å²) in [6, 6.07) is 0. The number of carboxylic acids is 1. The number of ketones is 2. The number of hydrogen-bond acceptors (Lipinski definition) is 5. The zero-order valence-corrected chi connectivity index (χ0v) is 18.2. The van der Waals surface area contributed by atoms with E-state index in [1.807, 2.05) is 0 Å². The van der Waals surface area contributed by atoms with E-state index < -0.39 is 93.8 Å². The topological polar surface area (TPSA) is 89.9 Å². The summed E-state index contributed by atoms with van der Waals surface area (Å²) in [6.07, 6.45) is -1.98. The van der Waals surface area contributed by atoms with Crippen LogP contribution in [0.15, 0.2) is 23.6 Å². The predicted octanol–water partition coefficient (Wildman–Crippen LogP) is 3.40. The maximum absolute atomic E-state index is 17.0. The molecule has 0 bridgehead atoms. The molecule has 0 spiro atoms. The van der Waals surface area contributed by atoms with Crippen LogP contribution in [0.3, 0.4) is 0 Å². The maximum Gasteiger partial charge on any atom is 0.339 e. The molecule has 6 nitrogen and oxygen atoms in total. The van der Waals surface area contributed by atoms with Crippen LogP contribution in [0, 0.1) is 22.7 Å². The van der Waals surface area contributed by atoms with Gasteiger partial charge in [0.25, 0.3) is 0 Å². The lowest BCUT2D eigenvalue weighted by atomic mass is 9.45. The van der Waals surface area contributed by atoms with E-state index in [4.69, 9.17) is 9.47 Å². The molecule has 3 saturated carbocycles. The smallest absolute Gasteiger partial charge is 0.339 e. The van der Waals surface area contributed by atoms with Crippen LogP contribution < -0.4 is 0 Å². The van der Waals surface area contributed by atoms with Gasteiger partial charge < -0.3 is 14.6 Å². The standard InChI is InChI=1S/C23H25F3O6/c1-19(2)31-15-8-10-11-7-12(24)16-17(25)13(27)5-6-20(16,3)22(11,26)14(28)9-21(10,4)23(15,32-19)18(29)30/h5-6,10-12,15H,7-9H2,1-4H3,(H,29,30)/t10-,11-,12-,15+,20-,21-,22-,23-/m0/s1. The third kappa shape index (κ3) is 2.13. The van der Waals surface area contributed by atoms with Crippen LogP contribution in [0.5, 0.6) is 0 Å². The Morgan fingerprint density at radius 3 is 2.44 bits per heavy atom. The fourth-order valence-corrected chi connectivity index (χ4v) is 7.50. The molecule has 4 aliphatic carbocycles. The van der Waals surface area contributed by atoms with E-state index in [1.165, 1.54) is 6.92 Å². The summed E-state index contributed by atoms with van der Waals surface area (Å²) in [6.45, 7) is 5.95. The second-order valence-corrected chi connectivity index (χ2v) is 10.7. The van der Waals surface area contributed by atoms with Crippen molar-refractivity contribution in [3.63, 3.8) is 0 Å². The highest BCUT2D eigenvalue weighted by atomic mass is 19.2. The number of carboxylic acid groups (broad SMARTS) is 1. The van der Waals surface area contributed by atoms with Gasteiger partial charge in [0.15, 0.2) is 28.7 Å². The van der Waals surface area contributed by atoms with Gasteiger partial charge >= 0.3 is 5.97 Å². The van der Waals surface area contributed by atoms with E-state index in [0.717, 1.165) is 12.2 Å². The molecule has 0 aromatic rings. The van der Waals surface area contributed by atoms with Gasteiger partial charge in [-0.05, 0) is 45.6 Å². The number of carbonyl (C=O) groups excluding carboxylic acids is 2. The Morgan fingerprint density at radius 2 is 1.81 bits per heavy atom. The molecule has 8 atom stereocenters. The molecule has 1 aliphatic heterocycles. The summed E-state index contributed by atoms with van der Waals surface area (Å²) < 4.78 is 58.8. The molecule has 0 radical (unpaired) electrons. The average molecular weight is 454 g/mol. The minimum Gasteiger partial charge on any atom is -0.479 e. The third-order valence-electron chi connectivity index (χ3n) is 8.78. The van der Waals surface area contributed by atoms with Crippen LogP contribution in [-0.2, 0) is 23.9 Å². The molecule has 0 amide bonds. The van der Waals surface area contributed by atoms with E-state index in [0.29, 0.717) is 0 Å². The van der Waals surface area contributed by atoms with E-state index >= 15 is 8.78 Å². The lowest BCUT2D eigenvalue weighted by molar-refractivity contribution is -0.229. The normalized spacial score (nSPS) is 51.2. The monoisotopic (exact) mass is 454 g/mol. The van der Waals surface area contributed by atoms with E-state index in [1.54, 1.807) is 20.8 Å². The molecule has 1 heterocycles. The minimum atomic E-state index is -2.70. The number of carbonyl (C=O) groups is 3. The molecule has 0 unspecified atom stereocenters. The Morgan fingerprint density at radius 1 is 1.16 bits per heavy atom. The highest BCUT2D eigenvalue weighted by Gasteiger charge is 2.81. The number of halogens is 3. The summed E-state index contributed by atoms with van der Waals surface area (Å²) >= 11 is 0. The number of allylic oxidation sites excluding steroid dienone is 4. The van der Waals surface area contributed by atoms with Gasteiger partial charge in [-0.25, -0.2) is 18.0 Å². The first kappa shape index (κ1) is 21.8. The Balaban J connectivity index is 1.68. The summed E-state index contributed by atoms with van der Waals surface area (Å²) in [7, 11) is 0. The fourth-order valence-electron chi connectivity index (χ4n) is 7.50. The number of ether oxygens (including phenoxy) is 2. The van der Waals surface area contributed by atoms with Gasteiger partial charge in [0.1, 0.15) is 12.3 Å². The zero-order chi connectivity index (χ0) is 23.6. The van der Waals surface area contributed by atoms with Crippen molar-refractivity contribution in [3.8, 4) is 0 Å². The highest BCUT2D eigenvalue weighted by molar-refractivity contribution is 6.05. The molecule has 5 aliphatic rings. The van der Waals surface area contributed by atoms with Crippen molar-refractivity contribution in [2.75, 3.05) is 0 Å². The lowest BCUT2D eigenvalue weighted by Crippen LogP contribution is -2.69. The van der Waals surface area contributed by atoms with Crippen molar-refractivity contribution in [1.29, 1.82) is 0 Å². The molecule has 0 aromatic carbocycles. The van der Waals surface area contributed by atoms with E-state index in [2.05, 4.69) is 0 Å². The largest absolute Gasteiger partial charge is 0.479 e. The summed E-state index contributed by atoms with van der Waals surface area (Å²) in [5, 5.41) is 10.2. The van der Waals surface area contributed by atoms with Crippen molar-refractivity contribution in [1.82, 2.24) is 0 Å². The maximum atomic E-state index is 17.0. The van der Waals surface area contributed by atoms with Crippen LogP contribution in [-0.4, -0.2) is 52.0 Å². The second-order valence-electron chi connectivity index (χ2n) is 10.7. The number of aliphatic carboxylic acids is 1. The Kier molecular flexibility index (Phi) is 4.03. The molecule has 0 aromatic heterocycles. The van der Waals surface area contributed by atoms with Crippen LogP contribution in [0.1, 0.15) is 47.0 Å². The Labute approximate surface area is 182 Å². The number of Topliss-reactive ketones (excluding diaryl/α,β-unsaturated/α-hetero) is 1. The van der Waals surface area contributed by atoms with Crippen molar-refractivity contribution >= 4 is 17.5 Å². The molecule has 174 valence electrons. The van der Waals surface area contributed by atoms with Crippen LogP contribution >= 0.6 is 0 Å². The molecular formula is C23H25F3O6. The fraction of sp³-hybridized carbons (Fsp3) is 0.696. The van der Waals surface area contributed by atoms with E-state index in [-0.39, 0.29) is 6.42 Å². The predicted molar refractivity (Wildman–Crippen MR) is 103 cm³/mol. The SMILES string of the molecule is CC1(C)O[C@@H]2C[C@H]3[C@@H]4C[C@H](F)C5=C(F)C(=O)C=C[C@]5(C)[C@@]4(F)C(=O)C[C@]3(C)[C@]2(C(=O)O)O1. The van der Waals surface area contributed by atoms with Crippen LogP contribution in [0.25, 0.3) is 0 Å². The van der Waals surface area contributed by atoms with Crippen molar-refractivity contribution in [2.45, 2.75) is 76.3 Å². The van der Waals surface area contributed by atoms with Gasteiger partial charge in [0.2, 0.25) is 5.78 Å². The highest BCUT2D eigenvalue weighted by Crippen LogP contribution is 2.71. The van der Waals surface area contributed by atoms with Gasteiger partial charge in [-0.15, -0.1) is 0 Å². The molecule has 9 heteroatoms. The molecule has 1 saturated heterocycles. The molecule has 1 N–H and O–H groups in total. The van der Waals surface area contributed by atoms with Crippen LogP contribution in [0.4, 0.5) is 13.2 Å². The van der Waals surface area contributed by atoms with Gasteiger partial charge in [-0.3, -0.25) is 9.59 Å². The third-order valence-corrected chi connectivity index (χ3v) is 8.78. The number of fused-ring (bicyclic) bond motifs is 7. The average Bonchev–Trinajstić information content (AvgIpc) is 3.08. The van der Waals surface area contributed by atoms with Crippen molar-refractivity contribution < 1.29 is 42.1 Å². The lowest BCUT2D eigenvalue weighted by Gasteiger charge is -2.60. The first-order valence-corrected chi connectivity index (χ1v) is 10.8. The van der Waals surface area contributed by atoms with Crippen molar-refractivity contribution in [2.24, 2.45) is 22.7 Å². The minimum absolute atomic E-state index is 0.0584. The molecule has 32 heavy (non-hydrogen) atoms. The summed E-state index contributed by atoms with van der Waals surface area (Å²) in [5.41, 5.74) is -8.58. The van der Waals surface area contributed by atoms with Gasteiger partial charge in [0, 0.05) is 23.3 Å². The number of alkyl halides is 2. The molecule has 5 rings (SSSR count). The second kappa shape index (κ2) is 5.91. The van der Waals surface area contributed by atoms with Gasteiger partial charge in [0.05, 0.1) is 5.41 Å². The summed E-state index contributed by atoms with van der Waals surface area (Å²) in [5.74, 6) is -7.90. The van der Waals surface area contributed by atoms with Gasteiger partial charge in [-0.2, -0.15) is 0 Å². The first-order valence-electron chi connectivity index (χ1n) is 10.8. The quantitative estimate of drug-likeness (QED) is 0.653. The number of hydrogen-bond donors (Lipinski definition) is 1. The Bertz CT molecular complexity index is 1030. The zero-order valence-electron chi connectivity index (χ0n) is 18.2. The van der Waals surface area contributed by atoms with Crippen molar-refractivity contribution in [3.05, 3.63) is 23.6 Å². The molecular weight excluding hydrogens is 429 g/mol. The van der Waals surface area contributed by atoms with E-state index in [9.17, 15) is 23.9 Å². The molecule has 4 fully saturated rings. The summed E-state index contributed by atoms with van der Waals surface area (Å²) in [4.78, 5) is 37.9. The first-order chi connectivity index (χ1) is 14.7. The van der Waals surface area contributed by atoms with Gasteiger partial charge in [-0.1, -0.05) is 13.0 Å². The number of rotatable bonds is 1.